The van der Waals surface area contributed by atoms with Crippen molar-refractivity contribution in [2.75, 3.05) is 6.61 Å². The highest BCUT2D eigenvalue weighted by molar-refractivity contribution is 6.32. The van der Waals surface area contributed by atoms with E-state index < -0.39 is 0 Å². The number of amides is 1. The molecule has 0 spiro atoms. The highest BCUT2D eigenvalue weighted by Crippen LogP contribution is 2.26. The normalized spacial score (nSPS) is 11.9. The van der Waals surface area contributed by atoms with Gasteiger partial charge in [0.05, 0.1) is 17.7 Å². The van der Waals surface area contributed by atoms with Crippen molar-refractivity contribution in [2.45, 2.75) is 40.2 Å². The number of hydrogen-bond acceptors (Lipinski definition) is 2. The first kappa shape index (κ1) is 18.3. The van der Waals surface area contributed by atoms with Crippen molar-refractivity contribution in [1.29, 1.82) is 0 Å². The van der Waals surface area contributed by atoms with E-state index >= 15 is 0 Å². The van der Waals surface area contributed by atoms with Crippen molar-refractivity contribution < 1.29 is 9.53 Å². The summed E-state index contributed by atoms with van der Waals surface area (Å²) in [5.41, 5.74) is 4.12. The maximum Gasteiger partial charge on any atom is 0.251 e. The molecule has 0 aromatic heterocycles. The number of nitrogens with one attached hydrogen (secondary N) is 1. The molecule has 0 bridgehead atoms. The lowest BCUT2D eigenvalue weighted by atomic mass is 9.99. The molecular weight excluding hydrogens is 322 g/mol. The molecule has 2 aromatic rings. The first-order valence-corrected chi connectivity index (χ1v) is 8.64. The number of aryl methyl sites for hydroxylation is 2. The fourth-order valence-electron chi connectivity index (χ4n) is 2.56. The minimum absolute atomic E-state index is 0.0258. The number of halogens is 1. The van der Waals surface area contributed by atoms with Crippen molar-refractivity contribution in [3.63, 3.8) is 0 Å². The van der Waals surface area contributed by atoms with Gasteiger partial charge in [0, 0.05) is 5.56 Å². The Kier molecular flexibility index (Phi) is 6.27. The summed E-state index contributed by atoms with van der Waals surface area (Å²) < 4.78 is 5.40. The number of carbonyl (C=O) groups is 1. The smallest absolute Gasteiger partial charge is 0.251 e. The molecule has 0 aliphatic heterocycles. The van der Waals surface area contributed by atoms with Gasteiger partial charge in [-0.05, 0) is 62.1 Å². The third-order valence-electron chi connectivity index (χ3n) is 4.14. The first-order valence-electron chi connectivity index (χ1n) is 8.26. The number of rotatable bonds is 6. The molecule has 24 heavy (non-hydrogen) atoms. The lowest BCUT2D eigenvalue weighted by Gasteiger charge is -2.19. The zero-order valence-corrected chi connectivity index (χ0v) is 15.4. The van der Waals surface area contributed by atoms with E-state index in [4.69, 9.17) is 16.3 Å². The number of benzene rings is 2. The largest absolute Gasteiger partial charge is 0.492 e. The SMILES string of the molecule is CCOc1ccc(C(=O)NC(CC)c2ccc(C)c(C)c2)cc1Cl. The molecule has 4 heteroatoms. The Morgan fingerprint density at radius 3 is 2.46 bits per heavy atom. The van der Waals surface area contributed by atoms with E-state index in [-0.39, 0.29) is 11.9 Å². The van der Waals surface area contributed by atoms with Crippen LogP contribution in [0.3, 0.4) is 0 Å². The van der Waals surface area contributed by atoms with Crippen LogP contribution < -0.4 is 10.1 Å². The van der Waals surface area contributed by atoms with Crippen molar-refractivity contribution in [3.05, 3.63) is 63.7 Å². The van der Waals surface area contributed by atoms with Crippen molar-refractivity contribution in [3.8, 4) is 5.75 Å². The third kappa shape index (κ3) is 4.30. The highest BCUT2D eigenvalue weighted by Gasteiger charge is 2.16. The molecule has 0 aliphatic carbocycles. The summed E-state index contributed by atoms with van der Waals surface area (Å²) in [5.74, 6) is 0.460. The van der Waals surface area contributed by atoms with Gasteiger partial charge in [-0.15, -0.1) is 0 Å². The van der Waals surface area contributed by atoms with Gasteiger partial charge in [-0.1, -0.05) is 36.7 Å². The molecule has 3 nitrogen and oxygen atoms in total. The van der Waals surface area contributed by atoms with Crippen molar-refractivity contribution in [1.82, 2.24) is 5.32 Å². The van der Waals surface area contributed by atoms with Crippen LogP contribution in [0.5, 0.6) is 5.75 Å². The molecule has 0 saturated heterocycles. The Bertz CT molecular complexity index is 728. The third-order valence-corrected chi connectivity index (χ3v) is 4.44. The van der Waals surface area contributed by atoms with E-state index in [1.54, 1.807) is 18.2 Å². The fourth-order valence-corrected chi connectivity index (χ4v) is 2.79. The van der Waals surface area contributed by atoms with Crippen LogP contribution in [0.15, 0.2) is 36.4 Å². The molecule has 2 aromatic carbocycles. The minimum atomic E-state index is -0.134. The lowest BCUT2D eigenvalue weighted by molar-refractivity contribution is 0.0935. The molecule has 0 aliphatic rings. The fraction of sp³-hybridized carbons (Fsp3) is 0.350. The van der Waals surface area contributed by atoms with Crippen LogP contribution in [0.25, 0.3) is 0 Å². The first-order chi connectivity index (χ1) is 11.5. The standard InChI is InChI=1S/C20H24ClNO2/c1-5-18(15-8-7-13(3)14(4)11-15)22-20(23)16-9-10-19(24-6-2)17(21)12-16/h7-12,18H,5-6H2,1-4H3,(H,22,23). The molecule has 1 amide bonds. The summed E-state index contributed by atoms with van der Waals surface area (Å²) >= 11 is 6.17. The average Bonchev–Trinajstić information content (AvgIpc) is 2.57. The zero-order valence-electron chi connectivity index (χ0n) is 14.7. The summed E-state index contributed by atoms with van der Waals surface area (Å²) in [5, 5.41) is 3.53. The average molecular weight is 346 g/mol. The molecular formula is C20H24ClNO2. The molecule has 1 unspecified atom stereocenters. The van der Waals surface area contributed by atoms with E-state index in [9.17, 15) is 4.79 Å². The summed E-state index contributed by atoms with van der Waals surface area (Å²) in [6.07, 6.45) is 0.818. The highest BCUT2D eigenvalue weighted by atomic mass is 35.5. The van der Waals surface area contributed by atoms with Crippen LogP contribution >= 0.6 is 11.6 Å². The van der Waals surface area contributed by atoms with E-state index in [0.29, 0.717) is 22.9 Å². The quantitative estimate of drug-likeness (QED) is 0.777. The summed E-state index contributed by atoms with van der Waals surface area (Å²) in [6.45, 7) is 8.66. The van der Waals surface area contributed by atoms with Gasteiger partial charge in [-0.2, -0.15) is 0 Å². The van der Waals surface area contributed by atoms with Gasteiger partial charge in [0.25, 0.3) is 5.91 Å². The van der Waals surface area contributed by atoms with Crippen LogP contribution in [-0.2, 0) is 0 Å². The predicted molar refractivity (Wildman–Crippen MR) is 99.0 cm³/mol. The zero-order chi connectivity index (χ0) is 17.7. The van der Waals surface area contributed by atoms with E-state index in [1.165, 1.54) is 11.1 Å². The molecule has 0 saturated carbocycles. The molecule has 0 radical (unpaired) electrons. The maximum absolute atomic E-state index is 12.5. The number of carbonyl (C=O) groups excluding carboxylic acids is 1. The lowest BCUT2D eigenvalue weighted by Crippen LogP contribution is -2.28. The maximum atomic E-state index is 12.5. The Labute approximate surface area is 149 Å². The van der Waals surface area contributed by atoms with Gasteiger partial charge in [0.1, 0.15) is 5.75 Å². The van der Waals surface area contributed by atoms with Crippen LogP contribution in [0.4, 0.5) is 0 Å². The van der Waals surface area contributed by atoms with E-state index in [2.05, 4.69) is 44.3 Å². The van der Waals surface area contributed by atoms with Gasteiger partial charge in [-0.25, -0.2) is 0 Å². The second-order valence-electron chi connectivity index (χ2n) is 5.86. The Morgan fingerprint density at radius 1 is 1.12 bits per heavy atom. The number of ether oxygens (including phenoxy) is 1. The molecule has 1 N–H and O–H groups in total. The molecule has 128 valence electrons. The van der Waals surface area contributed by atoms with Gasteiger partial charge in [-0.3, -0.25) is 4.79 Å². The minimum Gasteiger partial charge on any atom is -0.492 e. The van der Waals surface area contributed by atoms with Crippen molar-refractivity contribution in [2.24, 2.45) is 0 Å². The van der Waals surface area contributed by atoms with Gasteiger partial charge < -0.3 is 10.1 Å². The molecule has 0 heterocycles. The molecule has 1 atom stereocenters. The Hall–Kier alpha value is -2.00. The summed E-state index contributed by atoms with van der Waals surface area (Å²) in [4.78, 5) is 12.5. The van der Waals surface area contributed by atoms with E-state index in [1.807, 2.05) is 6.92 Å². The van der Waals surface area contributed by atoms with E-state index in [0.717, 1.165) is 12.0 Å². The van der Waals surface area contributed by atoms with Crippen LogP contribution in [0.1, 0.15) is 53.4 Å². The van der Waals surface area contributed by atoms with Crippen LogP contribution in [-0.4, -0.2) is 12.5 Å². The van der Waals surface area contributed by atoms with Gasteiger partial charge >= 0.3 is 0 Å². The topological polar surface area (TPSA) is 38.3 Å². The molecule has 2 rings (SSSR count). The van der Waals surface area contributed by atoms with Crippen molar-refractivity contribution >= 4 is 17.5 Å². The predicted octanol–water partition coefficient (Wildman–Crippen LogP) is 5.24. The van der Waals surface area contributed by atoms with Crippen LogP contribution in [0, 0.1) is 13.8 Å². The second kappa shape index (κ2) is 8.20. The Morgan fingerprint density at radius 2 is 1.88 bits per heavy atom. The van der Waals surface area contributed by atoms with Gasteiger partial charge in [0.15, 0.2) is 0 Å². The van der Waals surface area contributed by atoms with Crippen LogP contribution in [0.2, 0.25) is 5.02 Å². The summed E-state index contributed by atoms with van der Waals surface area (Å²) in [7, 11) is 0. The second-order valence-corrected chi connectivity index (χ2v) is 6.26. The number of hydrogen-bond donors (Lipinski definition) is 1. The Balaban J connectivity index is 2.17. The summed E-state index contributed by atoms with van der Waals surface area (Å²) in [6, 6.07) is 11.4. The van der Waals surface area contributed by atoms with Gasteiger partial charge in [0.2, 0.25) is 0 Å². The molecule has 0 fully saturated rings. The monoisotopic (exact) mass is 345 g/mol.